The molecule has 0 saturated carbocycles. The van der Waals surface area contributed by atoms with Crippen LogP contribution in [-0.4, -0.2) is 17.5 Å². The Hall–Kier alpha value is -0.860. The van der Waals surface area contributed by atoms with E-state index >= 15 is 0 Å². The summed E-state index contributed by atoms with van der Waals surface area (Å²) in [4.78, 5) is 2.44. The normalized spacial score (nSPS) is 15.4. The number of rotatable bonds is 4. The summed E-state index contributed by atoms with van der Waals surface area (Å²) in [6, 6.07) is 6.91. The Kier molecular flexibility index (Phi) is 3.55. The lowest BCUT2D eigenvalue weighted by Gasteiger charge is -2.35. The van der Waals surface area contributed by atoms with Gasteiger partial charge < -0.3 is 5.32 Å². The first-order chi connectivity index (χ1) is 8.03. The SMILES string of the molecule is CCC(C)(C)N(C)Cc1ccc2c(c1)CNC2. The van der Waals surface area contributed by atoms with Gasteiger partial charge in [-0.3, -0.25) is 4.90 Å². The van der Waals surface area contributed by atoms with E-state index < -0.39 is 0 Å². The number of fused-ring (bicyclic) bond motifs is 1. The molecule has 2 nitrogen and oxygen atoms in total. The van der Waals surface area contributed by atoms with Gasteiger partial charge in [0.1, 0.15) is 0 Å². The minimum Gasteiger partial charge on any atom is -0.309 e. The van der Waals surface area contributed by atoms with Crippen molar-refractivity contribution in [1.82, 2.24) is 10.2 Å². The molecule has 0 fully saturated rings. The summed E-state index contributed by atoms with van der Waals surface area (Å²) in [5.74, 6) is 0. The molecule has 0 unspecified atom stereocenters. The quantitative estimate of drug-likeness (QED) is 0.858. The van der Waals surface area contributed by atoms with E-state index in [1.807, 2.05) is 0 Å². The van der Waals surface area contributed by atoms with Crippen LogP contribution in [-0.2, 0) is 19.6 Å². The van der Waals surface area contributed by atoms with Crippen molar-refractivity contribution in [2.24, 2.45) is 0 Å². The number of hydrogen-bond donors (Lipinski definition) is 1. The first-order valence-electron chi connectivity index (χ1n) is 6.55. The second-order valence-electron chi connectivity index (χ2n) is 5.73. The van der Waals surface area contributed by atoms with Gasteiger partial charge in [0.15, 0.2) is 0 Å². The zero-order chi connectivity index (χ0) is 12.5. The van der Waals surface area contributed by atoms with Crippen molar-refractivity contribution in [3.8, 4) is 0 Å². The van der Waals surface area contributed by atoms with Gasteiger partial charge in [0.2, 0.25) is 0 Å². The minimum atomic E-state index is 0.275. The molecule has 0 amide bonds. The summed E-state index contributed by atoms with van der Waals surface area (Å²) < 4.78 is 0. The fraction of sp³-hybridized carbons (Fsp3) is 0.600. The monoisotopic (exact) mass is 232 g/mol. The summed E-state index contributed by atoms with van der Waals surface area (Å²) >= 11 is 0. The van der Waals surface area contributed by atoms with Gasteiger partial charge in [-0.25, -0.2) is 0 Å². The zero-order valence-electron chi connectivity index (χ0n) is 11.5. The van der Waals surface area contributed by atoms with Crippen LogP contribution in [0.25, 0.3) is 0 Å². The van der Waals surface area contributed by atoms with E-state index in [0.717, 1.165) is 19.6 Å². The van der Waals surface area contributed by atoms with Crippen LogP contribution < -0.4 is 5.32 Å². The van der Waals surface area contributed by atoms with Crippen molar-refractivity contribution in [3.05, 3.63) is 34.9 Å². The van der Waals surface area contributed by atoms with Crippen molar-refractivity contribution in [2.75, 3.05) is 7.05 Å². The van der Waals surface area contributed by atoms with Crippen molar-refractivity contribution in [3.63, 3.8) is 0 Å². The van der Waals surface area contributed by atoms with Gasteiger partial charge in [-0.1, -0.05) is 25.1 Å². The van der Waals surface area contributed by atoms with Gasteiger partial charge in [-0.2, -0.15) is 0 Å². The molecule has 0 saturated heterocycles. The van der Waals surface area contributed by atoms with Crippen LogP contribution >= 0.6 is 0 Å². The number of hydrogen-bond acceptors (Lipinski definition) is 2. The van der Waals surface area contributed by atoms with Gasteiger partial charge in [-0.15, -0.1) is 0 Å². The second kappa shape index (κ2) is 4.79. The molecule has 1 heterocycles. The van der Waals surface area contributed by atoms with Crippen LogP contribution in [0.2, 0.25) is 0 Å². The highest BCUT2D eigenvalue weighted by atomic mass is 15.2. The average Bonchev–Trinajstić information content (AvgIpc) is 2.76. The molecule has 2 rings (SSSR count). The highest BCUT2D eigenvalue weighted by Gasteiger charge is 2.21. The van der Waals surface area contributed by atoms with Crippen LogP contribution in [0.15, 0.2) is 18.2 Å². The molecule has 0 atom stereocenters. The zero-order valence-corrected chi connectivity index (χ0v) is 11.5. The van der Waals surface area contributed by atoms with Gasteiger partial charge in [-0.05, 0) is 44.0 Å². The Labute approximate surface area is 105 Å². The third-order valence-electron chi connectivity index (χ3n) is 4.22. The van der Waals surface area contributed by atoms with E-state index in [1.165, 1.54) is 23.1 Å². The van der Waals surface area contributed by atoms with E-state index in [-0.39, 0.29) is 5.54 Å². The predicted octanol–water partition coefficient (Wildman–Crippen LogP) is 2.91. The first-order valence-corrected chi connectivity index (χ1v) is 6.55. The topological polar surface area (TPSA) is 15.3 Å². The fourth-order valence-corrected chi connectivity index (χ4v) is 2.20. The first kappa shape index (κ1) is 12.6. The lowest BCUT2D eigenvalue weighted by molar-refractivity contribution is 0.143. The van der Waals surface area contributed by atoms with Crippen LogP contribution in [0.4, 0.5) is 0 Å². The van der Waals surface area contributed by atoms with Gasteiger partial charge >= 0.3 is 0 Å². The molecule has 0 bridgehead atoms. The molecule has 17 heavy (non-hydrogen) atoms. The van der Waals surface area contributed by atoms with Crippen molar-refractivity contribution in [2.45, 2.75) is 52.4 Å². The maximum atomic E-state index is 3.40. The Bertz CT molecular complexity index is 396. The van der Waals surface area contributed by atoms with E-state index in [0.29, 0.717) is 0 Å². The smallest absolute Gasteiger partial charge is 0.0236 e. The van der Waals surface area contributed by atoms with Crippen LogP contribution in [0.1, 0.15) is 43.9 Å². The molecule has 1 aromatic carbocycles. The maximum Gasteiger partial charge on any atom is 0.0236 e. The summed E-state index contributed by atoms with van der Waals surface area (Å²) in [6.45, 7) is 9.97. The van der Waals surface area contributed by atoms with Gasteiger partial charge in [0.25, 0.3) is 0 Å². The highest BCUT2D eigenvalue weighted by molar-refractivity contribution is 5.34. The molecule has 0 aromatic heterocycles. The Morgan fingerprint density at radius 1 is 1.24 bits per heavy atom. The largest absolute Gasteiger partial charge is 0.309 e. The van der Waals surface area contributed by atoms with Crippen molar-refractivity contribution < 1.29 is 0 Å². The lowest BCUT2D eigenvalue weighted by atomic mass is 9.98. The van der Waals surface area contributed by atoms with Crippen molar-refractivity contribution >= 4 is 0 Å². The molecule has 1 aliphatic rings. The third-order valence-corrected chi connectivity index (χ3v) is 4.22. The average molecular weight is 232 g/mol. The Morgan fingerprint density at radius 2 is 1.94 bits per heavy atom. The maximum absolute atomic E-state index is 3.40. The molecule has 0 spiro atoms. The van der Waals surface area contributed by atoms with E-state index in [9.17, 15) is 0 Å². The summed E-state index contributed by atoms with van der Waals surface area (Å²) in [6.07, 6.45) is 1.18. The molecule has 0 aliphatic carbocycles. The molecule has 1 aromatic rings. The van der Waals surface area contributed by atoms with E-state index in [2.05, 4.69) is 56.2 Å². The standard InChI is InChI=1S/C15H24N2/c1-5-15(2,3)17(4)11-12-6-7-13-9-16-10-14(13)8-12/h6-8,16H,5,9-11H2,1-4H3. The highest BCUT2D eigenvalue weighted by Crippen LogP contribution is 2.22. The molecule has 2 heteroatoms. The molecular weight excluding hydrogens is 208 g/mol. The summed E-state index contributed by atoms with van der Waals surface area (Å²) in [7, 11) is 2.22. The Balaban J connectivity index is 2.09. The van der Waals surface area contributed by atoms with Crippen LogP contribution in [0, 0.1) is 0 Å². The van der Waals surface area contributed by atoms with Crippen LogP contribution in [0.5, 0.6) is 0 Å². The molecule has 1 N–H and O–H groups in total. The van der Waals surface area contributed by atoms with Crippen LogP contribution in [0.3, 0.4) is 0 Å². The third kappa shape index (κ3) is 2.70. The van der Waals surface area contributed by atoms with E-state index in [4.69, 9.17) is 0 Å². The molecule has 0 radical (unpaired) electrons. The second-order valence-corrected chi connectivity index (χ2v) is 5.73. The number of benzene rings is 1. The van der Waals surface area contributed by atoms with Gasteiger partial charge in [0.05, 0.1) is 0 Å². The Morgan fingerprint density at radius 3 is 2.65 bits per heavy atom. The summed E-state index contributed by atoms with van der Waals surface area (Å²) in [5.41, 5.74) is 4.64. The minimum absolute atomic E-state index is 0.275. The number of nitrogens with one attached hydrogen (secondary N) is 1. The molecule has 1 aliphatic heterocycles. The van der Waals surface area contributed by atoms with Crippen molar-refractivity contribution in [1.29, 1.82) is 0 Å². The molecular formula is C15H24N2. The fourth-order valence-electron chi connectivity index (χ4n) is 2.20. The molecule has 94 valence electrons. The summed E-state index contributed by atoms with van der Waals surface area (Å²) in [5, 5.41) is 3.40. The number of nitrogens with zero attached hydrogens (tertiary/aromatic N) is 1. The lowest BCUT2D eigenvalue weighted by Crippen LogP contribution is -2.39. The predicted molar refractivity (Wildman–Crippen MR) is 72.8 cm³/mol. The van der Waals surface area contributed by atoms with Gasteiger partial charge in [0, 0.05) is 25.2 Å². The van der Waals surface area contributed by atoms with E-state index in [1.54, 1.807) is 0 Å².